The zero-order chi connectivity index (χ0) is 15.0. The van der Waals surface area contributed by atoms with Crippen molar-refractivity contribution in [2.45, 2.75) is 38.1 Å². The maximum Gasteiger partial charge on any atom is 0.227 e. The van der Waals surface area contributed by atoms with Crippen molar-refractivity contribution in [2.75, 3.05) is 5.32 Å². The molecule has 2 bridgehead atoms. The van der Waals surface area contributed by atoms with E-state index in [1.807, 2.05) is 0 Å². The van der Waals surface area contributed by atoms with Gasteiger partial charge in [-0.1, -0.05) is 18.0 Å². The van der Waals surface area contributed by atoms with E-state index in [0.717, 1.165) is 25.7 Å². The fourth-order valence-corrected chi connectivity index (χ4v) is 4.00. The van der Waals surface area contributed by atoms with E-state index >= 15 is 0 Å². The number of hydrogen-bond donors (Lipinski definition) is 2. The first-order valence-electron chi connectivity index (χ1n) is 7.56. The first-order valence-corrected chi connectivity index (χ1v) is 7.94. The summed E-state index contributed by atoms with van der Waals surface area (Å²) in [6.45, 7) is 0. The summed E-state index contributed by atoms with van der Waals surface area (Å²) in [5.41, 5.74) is 6.79. The molecule has 3 N–H and O–H groups in total. The summed E-state index contributed by atoms with van der Waals surface area (Å²) in [6.07, 6.45) is 5.20. The summed E-state index contributed by atoms with van der Waals surface area (Å²) >= 11 is 5.74. The lowest BCUT2D eigenvalue weighted by Crippen LogP contribution is -2.48. The third-order valence-electron chi connectivity index (χ3n) is 4.97. The normalized spacial score (nSPS) is 30.3. The molecule has 0 aliphatic heterocycles. The quantitative estimate of drug-likeness (QED) is 0.850. The Balaban J connectivity index is 0.00000176. The number of rotatable bonds is 2. The van der Waals surface area contributed by atoms with Gasteiger partial charge in [0.05, 0.1) is 5.02 Å². The van der Waals surface area contributed by atoms with Crippen LogP contribution in [0.3, 0.4) is 0 Å². The lowest BCUT2D eigenvalue weighted by atomic mass is 9.65. The number of fused-ring (bicyclic) bond motifs is 2. The van der Waals surface area contributed by atoms with Crippen molar-refractivity contribution in [3.63, 3.8) is 0 Å². The van der Waals surface area contributed by atoms with E-state index in [4.69, 9.17) is 17.3 Å². The zero-order valence-electron chi connectivity index (χ0n) is 12.2. The Bertz CT molecular complexity index is 541. The van der Waals surface area contributed by atoms with Gasteiger partial charge in [-0.2, -0.15) is 0 Å². The highest BCUT2D eigenvalue weighted by molar-refractivity contribution is 6.31. The van der Waals surface area contributed by atoms with Crippen molar-refractivity contribution in [2.24, 2.45) is 23.5 Å². The fourth-order valence-electron chi connectivity index (χ4n) is 3.82. The van der Waals surface area contributed by atoms with Gasteiger partial charge in [-0.05, 0) is 55.7 Å². The highest BCUT2D eigenvalue weighted by atomic mass is 35.5. The fraction of sp³-hybridized carbons (Fsp3) is 0.562. The molecule has 1 aromatic rings. The Morgan fingerprint density at radius 3 is 2.50 bits per heavy atom. The van der Waals surface area contributed by atoms with Crippen molar-refractivity contribution in [1.29, 1.82) is 0 Å². The molecule has 1 aromatic carbocycles. The number of amides is 1. The molecule has 1 amide bonds. The van der Waals surface area contributed by atoms with Crippen molar-refractivity contribution in [3.05, 3.63) is 29.0 Å². The monoisotopic (exact) mass is 346 g/mol. The van der Waals surface area contributed by atoms with Crippen LogP contribution in [0, 0.1) is 23.6 Å². The maximum absolute atomic E-state index is 13.1. The van der Waals surface area contributed by atoms with Gasteiger partial charge in [0, 0.05) is 17.6 Å². The number of nitrogens with two attached hydrogens (primary N) is 1. The Hall–Kier alpha value is -0.840. The van der Waals surface area contributed by atoms with Crippen LogP contribution in [0.5, 0.6) is 0 Å². The molecule has 0 radical (unpaired) electrons. The second-order valence-electron chi connectivity index (χ2n) is 6.31. The number of carbonyl (C=O) groups is 1. The zero-order valence-corrected chi connectivity index (χ0v) is 13.8. The number of hydrogen-bond acceptors (Lipinski definition) is 2. The Morgan fingerprint density at radius 1 is 1.27 bits per heavy atom. The molecular formula is C16H21Cl2FN2O. The van der Waals surface area contributed by atoms with Gasteiger partial charge in [-0.3, -0.25) is 4.79 Å². The molecule has 0 heterocycles. The average Bonchev–Trinajstić information content (AvgIpc) is 2.42. The van der Waals surface area contributed by atoms with E-state index in [9.17, 15) is 9.18 Å². The molecule has 0 spiro atoms. The van der Waals surface area contributed by atoms with Gasteiger partial charge in [0.15, 0.2) is 0 Å². The van der Waals surface area contributed by atoms with Gasteiger partial charge >= 0.3 is 0 Å². The maximum atomic E-state index is 13.1. The minimum atomic E-state index is -0.479. The molecule has 6 heteroatoms. The van der Waals surface area contributed by atoms with Crippen LogP contribution in [0.4, 0.5) is 10.1 Å². The highest BCUT2D eigenvalue weighted by Gasteiger charge is 2.40. The molecule has 3 nitrogen and oxygen atoms in total. The number of nitrogens with one attached hydrogen (secondary N) is 1. The Kier molecular flexibility index (Phi) is 5.70. The Labute approximate surface area is 141 Å². The lowest BCUT2D eigenvalue weighted by Gasteiger charge is -2.43. The molecule has 2 unspecified atom stereocenters. The van der Waals surface area contributed by atoms with Crippen LogP contribution in [-0.2, 0) is 4.79 Å². The summed E-state index contributed by atoms with van der Waals surface area (Å²) in [6, 6.07) is 4.50. The van der Waals surface area contributed by atoms with E-state index in [-0.39, 0.29) is 35.3 Å². The molecule has 2 aliphatic carbocycles. The second-order valence-corrected chi connectivity index (χ2v) is 6.72. The van der Waals surface area contributed by atoms with Crippen LogP contribution in [0.1, 0.15) is 32.1 Å². The lowest BCUT2D eigenvalue weighted by molar-refractivity contribution is -0.122. The number of carbonyl (C=O) groups excluding carboxylic acids is 1. The summed E-state index contributed by atoms with van der Waals surface area (Å²) in [5.74, 6) is 0.452. The van der Waals surface area contributed by atoms with Crippen molar-refractivity contribution in [1.82, 2.24) is 0 Å². The molecule has 3 rings (SSSR count). The smallest absolute Gasteiger partial charge is 0.227 e. The standard InChI is InChI=1S/C16H20ClFN2O.ClH/c17-13-8-12(4-5-14(13)18)20-16(21)11-6-9-2-1-3-10(7-11)15(9)19;/h4-5,8-11,15H,1-3,6-7,19H2,(H,20,21);1H. The van der Waals surface area contributed by atoms with Gasteiger partial charge in [0.25, 0.3) is 0 Å². The molecule has 0 saturated heterocycles. The van der Waals surface area contributed by atoms with Crippen LogP contribution < -0.4 is 11.1 Å². The summed E-state index contributed by atoms with van der Waals surface area (Å²) in [7, 11) is 0. The summed E-state index contributed by atoms with van der Waals surface area (Å²) in [4.78, 5) is 12.4. The molecule has 22 heavy (non-hydrogen) atoms. The van der Waals surface area contributed by atoms with Crippen LogP contribution in [0.2, 0.25) is 5.02 Å². The van der Waals surface area contributed by atoms with E-state index in [0.29, 0.717) is 17.5 Å². The minimum absolute atomic E-state index is 0. The average molecular weight is 347 g/mol. The molecule has 2 atom stereocenters. The van der Waals surface area contributed by atoms with Gasteiger partial charge in [0.1, 0.15) is 5.82 Å². The Morgan fingerprint density at radius 2 is 1.91 bits per heavy atom. The van der Waals surface area contributed by atoms with Crippen LogP contribution >= 0.6 is 24.0 Å². The molecule has 0 aromatic heterocycles. The first kappa shape index (κ1) is 17.5. The number of anilines is 1. The number of halogens is 3. The third-order valence-corrected chi connectivity index (χ3v) is 5.26. The largest absolute Gasteiger partial charge is 0.327 e. The minimum Gasteiger partial charge on any atom is -0.327 e. The second kappa shape index (κ2) is 7.16. The van der Waals surface area contributed by atoms with E-state index < -0.39 is 5.82 Å². The van der Waals surface area contributed by atoms with Gasteiger partial charge < -0.3 is 11.1 Å². The molecule has 2 saturated carbocycles. The van der Waals surface area contributed by atoms with Crippen LogP contribution in [0.15, 0.2) is 18.2 Å². The summed E-state index contributed by atoms with van der Waals surface area (Å²) < 4.78 is 13.1. The molecular weight excluding hydrogens is 326 g/mol. The van der Waals surface area contributed by atoms with Crippen LogP contribution in [0.25, 0.3) is 0 Å². The molecule has 2 fully saturated rings. The van der Waals surface area contributed by atoms with Gasteiger partial charge in [-0.25, -0.2) is 4.39 Å². The van der Waals surface area contributed by atoms with Gasteiger partial charge in [0.2, 0.25) is 5.91 Å². The van der Waals surface area contributed by atoms with Gasteiger partial charge in [-0.15, -0.1) is 12.4 Å². The highest BCUT2D eigenvalue weighted by Crippen LogP contribution is 2.42. The molecule has 122 valence electrons. The first-order chi connectivity index (χ1) is 10.0. The van der Waals surface area contributed by atoms with E-state index in [1.165, 1.54) is 24.6 Å². The SMILES string of the molecule is Cl.NC1C2CCCC1CC(C(=O)Nc1ccc(F)c(Cl)c1)C2. The predicted molar refractivity (Wildman–Crippen MR) is 88.8 cm³/mol. The van der Waals surface area contributed by atoms with E-state index in [1.54, 1.807) is 0 Å². The number of benzene rings is 1. The molecule has 2 aliphatic rings. The third kappa shape index (κ3) is 3.55. The predicted octanol–water partition coefficient (Wildman–Crippen LogP) is 3.99. The van der Waals surface area contributed by atoms with Crippen molar-refractivity contribution in [3.8, 4) is 0 Å². The van der Waals surface area contributed by atoms with Crippen LogP contribution in [-0.4, -0.2) is 11.9 Å². The van der Waals surface area contributed by atoms with Crippen molar-refractivity contribution >= 4 is 35.6 Å². The van der Waals surface area contributed by atoms with E-state index in [2.05, 4.69) is 5.32 Å². The summed E-state index contributed by atoms with van der Waals surface area (Å²) in [5, 5.41) is 2.88. The topological polar surface area (TPSA) is 55.1 Å². The van der Waals surface area contributed by atoms with Crippen molar-refractivity contribution < 1.29 is 9.18 Å².